The molecule has 27 heavy (non-hydrogen) atoms. The van der Waals surface area contributed by atoms with E-state index < -0.39 is 0 Å². The largest absolute Gasteiger partial charge is 0.487 e. The summed E-state index contributed by atoms with van der Waals surface area (Å²) in [6, 6.07) is 11.3. The van der Waals surface area contributed by atoms with Crippen molar-refractivity contribution in [1.29, 1.82) is 0 Å². The molecular weight excluding hydrogens is 334 g/mol. The fourth-order valence-electron chi connectivity index (χ4n) is 4.61. The second-order valence-electron chi connectivity index (χ2n) is 8.09. The van der Waals surface area contributed by atoms with Crippen molar-refractivity contribution in [1.82, 2.24) is 14.8 Å². The van der Waals surface area contributed by atoms with Crippen molar-refractivity contribution < 1.29 is 4.74 Å². The lowest BCUT2D eigenvalue weighted by atomic mass is 10.1. The minimum absolute atomic E-state index is 0.519. The van der Waals surface area contributed by atoms with E-state index in [9.17, 15) is 0 Å². The van der Waals surface area contributed by atoms with Gasteiger partial charge in [0, 0.05) is 31.9 Å². The van der Waals surface area contributed by atoms with Crippen LogP contribution in [0.4, 0.5) is 0 Å². The molecule has 2 fully saturated rings. The maximum atomic E-state index is 6.08. The minimum Gasteiger partial charge on any atom is -0.487 e. The van der Waals surface area contributed by atoms with Gasteiger partial charge in [-0.1, -0.05) is 18.2 Å². The Morgan fingerprint density at radius 1 is 1.07 bits per heavy atom. The highest BCUT2D eigenvalue weighted by atomic mass is 16.5. The topological polar surface area (TPSA) is 28.6 Å². The van der Waals surface area contributed by atoms with Crippen LogP contribution in [-0.4, -0.2) is 47.0 Å². The number of aryl methyl sites for hydroxylation is 2. The average Bonchev–Trinajstić information content (AvgIpc) is 3.33. The van der Waals surface area contributed by atoms with E-state index in [0.29, 0.717) is 6.61 Å². The molecular formula is C23H31N3O. The summed E-state index contributed by atoms with van der Waals surface area (Å²) < 4.78 is 6.08. The molecule has 0 bridgehead atoms. The van der Waals surface area contributed by atoms with Gasteiger partial charge in [-0.25, -0.2) is 0 Å². The Kier molecular flexibility index (Phi) is 5.74. The van der Waals surface area contributed by atoms with E-state index >= 15 is 0 Å². The lowest BCUT2D eigenvalue weighted by Crippen LogP contribution is -2.35. The Hall–Kier alpha value is -1.91. The van der Waals surface area contributed by atoms with Crippen LogP contribution in [0.3, 0.4) is 0 Å². The van der Waals surface area contributed by atoms with E-state index in [0.717, 1.165) is 24.0 Å². The molecule has 1 unspecified atom stereocenters. The Morgan fingerprint density at radius 2 is 1.85 bits per heavy atom. The van der Waals surface area contributed by atoms with E-state index in [-0.39, 0.29) is 0 Å². The lowest BCUT2D eigenvalue weighted by Gasteiger charge is -2.24. The predicted octanol–water partition coefficient (Wildman–Crippen LogP) is 3.95. The Morgan fingerprint density at radius 3 is 2.56 bits per heavy atom. The SMILES string of the molecule is Cc1cc(CN2CCC(N3CCCC3)C2)cc(C)c1OCc1ccccn1. The molecule has 4 heteroatoms. The van der Waals surface area contributed by atoms with Crippen molar-refractivity contribution in [3.05, 3.63) is 58.9 Å². The van der Waals surface area contributed by atoms with Gasteiger partial charge in [0.05, 0.1) is 5.69 Å². The van der Waals surface area contributed by atoms with Gasteiger partial charge < -0.3 is 4.74 Å². The van der Waals surface area contributed by atoms with Gasteiger partial charge in [-0.15, -0.1) is 0 Å². The molecule has 1 aromatic heterocycles. The lowest BCUT2D eigenvalue weighted by molar-refractivity contribution is 0.230. The molecule has 3 heterocycles. The number of benzene rings is 1. The molecule has 0 saturated carbocycles. The fourth-order valence-corrected chi connectivity index (χ4v) is 4.61. The first-order chi connectivity index (χ1) is 13.2. The molecule has 2 aromatic rings. The number of rotatable bonds is 6. The summed E-state index contributed by atoms with van der Waals surface area (Å²) in [5.41, 5.74) is 4.80. The third-order valence-corrected chi connectivity index (χ3v) is 5.92. The van der Waals surface area contributed by atoms with Crippen molar-refractivity contribution in [3.63, 3.8) is 0 Å². The number of ether oxygens (including phenoxy) is 1. The number of nitrogens with zero attached hydrogens (tertiary/aromatic N) is 3. The van der Waals surface area contributed by atoms with Gasteiger partial charge in [-0.05, 0) is 75.0 Å². The first kappa shape index (κ1) is 18.5. The van der Waals surface area contributed by atoms with Crippen LogP contribution in [-0.2, 0) is 13.2 Å². The van der Waals surface area contributed by atoms with Gasteiger partial charge in [0.15, 0.2) is 0 Å². The number of hydrogen-bond donors (Lipinski definition) is 0. The molecule has 1 aromatic carbocycles. The molecule has 4 nitrogen and oxygen atoms in total. The summed E-state index contributed by atoms with van der Waals surface area (Å²) >= 11 is 0. The van der Waals surface area contributed by atoms with Gasteiger partial charge in [-0.2, -0.15) is 0 Å². The summed E-state index contributed by atoms with van der Waals surface area (Å²) in [5, 5.41) is 0. The van der Waals surface area contributed by atoms with Crippen LogP contribution in [0.2, 0.25) is 0 Å². The zero-order valence-corrected chi connectivity index (χ0v) is 16.7. The molecule has 0 spiro atoms. The van der Waals surface area contributed by atoms with Crippen LogP contribution in [0.15, 0.2) is 36.5 Å². The molecule has 2 aliphatic heterocycles. The second kappa shape index (κ2) is 8.41. The smallest absolute Gasteiger partial charge is 0.130 e. The van der Waals surface area contributed by atoms with E-state index in [1.165, 1.54) is 62.1 Å². The monoisotopic (exact) mass is 365 g/mol. The molecule has 1 atom stereocenters. The first-order valence-corrected chi connectivity index (χ1v) is 10.3. The minimum atomic E-state index is 0.519. The molecule has 0 radical (unpaired) electrons. The maximum absolute atomic E-state index is 6.08. The van der Waals surface area contributed by atoms with Crippen molar-refractivity contribution in [3.8, 4) is 5.75 Å². The molecule has 2 aliphatic rings. The van der Waals surface area contributed by atoms with Crippen LogP contribution < -0.4 is 4.74 Å². The zero-order chi connectivity index (χ0) is 18.6. The standard InChI is InChI=1S/C23H31N3O/c1-18-13-20(15-25-12-8-22(16-25)26-10-5-6-11-26)14-19(2)23(18)27-17-21-7-3-4-9-24-21/h3-4,7,9,13-14,22H,5-6,8,10-12,15-17H2,1-2H3. The van der Waals surface area contributed by atoms with Crippen LogP contribution in [0.25, 0.3) is 0 Å². The predicted molar refractivity (Wildman–Crippen MR) is 109 cm³/mol. The second-order valence-corrected chi connectivity index (χ2v) is 8.09. The Labute approximate surface area is 163 Å². The first-order valence-electron chi connectivity index (χ1n) is 10.3. The van der Waals surface area contributed by atoms with Crippen molar-refractivity contribution >= 4 is 0 Å². The molecule has 2 saturated heterocycles. The number of aromatic nitrogens is 1. The molecule has 144 valence electrons. The van der Waals surface area contributed by atoms with E-state index in [1.807, 2.05) is 24.4 Å². The molecule has 0 N–H and O–H groups in total. The van der Waals surface area contributed by atoms with Crippen LogP contribution in [0.5, 0.6) is 5.75 Å². The van der Waals surface area contributed by atoms with Crippen LogP contribution in [0, 0.1) is 13.8 Å². The molecule has 4 rings (SSSR count). The van der Waals surface area contributed by atoms with Crippen LogP contribution in [0.1, 0.15) is 41.6 Å². The average molecular weight is 366 g/mol. The third-order valence-electron chi connectivity index (χ3n) is 5.92. The highest BCUT2D eigenvalue weighted by molar-refractivity contribution is 5.43. The van der Waals surface area contributed by atoms with Crippen LogP contribution >= 0.6 is 0 Å². The normalized spacial score (nSPS) is 21.0. The Bertz CT molecular complexity index is 732. The third kappa shape index (κ3) is 4.50. The van der Waals surface area contributed by atoms with Crippen molar-refractivity contribution in [2.75, 3.05) is 26.2 Å². The van der Waals surface area contributed by atoms with Crippen molar-refractivity contribution in [2.24, 2.45) is 0 Å². The maximum Gasteiger partial charge on any atom is 0.130 e. The molecule has 0 amide bonds. The fraction of sp³-hybridized carbons (Fsp3) is 0.522. The van der Waals surface area contributed by atoms with E-state index in [4.69, 9.17) is 4.74 Å². The number of pyridine rings is 1. The van der Waals surface area contributed by atoms with Gasteiger partial charge in [0.25, 0.3) is 0 Å². The van der Waals surface area contributed by atoms with E-state index in [2.05, 4.69) is 40.8 Å². The van der Waals surface area contributed by atoms with Gasteiger partial charge in [0.1, 0.15) is 12.4 Å². The molecule has 0 aliphatic carbocycles. The summed E-state index contributed by atoms with van der Waals surface area (Å²) in [6.45, 7) is 10.9. The number of hydrogen-bond acceptors (Lipinski definition) is 4. The zero-order valence-electron chi connectivity index (χ0n) is 16.7. The summed E-state index contributed by atoms with van der Waals surface area (Å²) in [5.74, 6) is 1.00. The quantitative estimate of drug-likeness (QED) is 0.775. The highest BCUT2D eigenvalue weighted by Gasteiger charge is 2.29. The van der Waals surface area contributed by atoms with Crippen molar-refractivity contribution in [2.45, 2.75) is 52.3 Å². The summed E-state index contributed by atoms with van der Waals surface area (Å²) in [6.07, 6.45) is 5.90. The highest BCUT2D eigenvalue weighted by Crippen LogP contribution is 2.28. The Balaban J connectivity index is 1.36. The van der Waals surface area contributed by atoms with Gasteiger partial charge in [-0.3, -0.25) is 14.8 Å². The van der Waals surface area contributed by atoms with Gasteiger partial charge in [0.2, 0.25) is 0 Å². The van der Waals surface area contributed by atoms with Gasteiger partial charge >= 0.3 is 0 Å². The number of likely N-dealkylation sites (tertiary alicyclic amines) is 2. The summed E-state index contributed by atoms with van der Waals surface area (Å²) in [4.78, 5) is 9.66. The summed E-state index contributed by atoms with van der Waals surface area (Å²) in [7, 11) is 0. The van der Waals surface area contributed by atoms with E-state index in [1.54, 1.807) is 0 Å².